The summed E-state index contributed by atoms with van der Waals surface area (Å²) >= 11 is 0. The number of aryl methyl sites for hydroxylation is 2. The summed E-state index contributed by atoms with van der Waals surface area (Å²) in [5, 5.41) is 8.30. The largest absolute Gasteiger partial charge is 0.329 e. The Bertz CT molecular complexity index is 377. The van der Waals surface area contributed by atoms with Crippen molar-refractivity contribution >= 4 is 0 Å². The van der Waals surface area contributed by atoms with E-state index >= 15 is 0 Å². The molecule has 0 aliphatic heterocycles. The maximum Gasteiger partial charge on any atom is 0.0670 e. The molecule has 1 heterocycles. The van der Waals surface area contributed by atoms with Crippen LogP contribution in [0.1, 0.15) is 62.7 Å². The van der Waals surface area contributed by atoms with Gasteiger partial charge in [0.1, 0.15) is 0 Å². The van der Waals surface area contributed by atoms with Crippen LogP contribution in [-0.2, 0) is 13.5 Å². The molecule has 4 nitrogen and oxygen atoms in total. The number of aromatic nitrogens is 2. The van der Waals surface area contributed by atoms with E-state index in [1.807, 2.05) is 11.7 Å². The van der Waals surface area contributed by atoms with Gasteiger partial charge in [0, 0.05) is 37.4 Å². The summed E-state index contributed by atoms with van der Waals surface area (Å²) in [5.41, 5.74) is 8.46. The van der Waals surface area contributed by atoms with Crippen molar-refractivity contribution in [3.05, 3.63) is 17.5 Å². The van der Waals surface area contributed by atoms with Crippen LogP contribution in [0.4, 0.5) is 0 Å². The van der Waals surface area contributed by atoms with Crippen LogP contribution in [0.25, 0.3) is 0 Å². The monoisotopic (exact) mass is 264 g/mol. The molecule has 1 aromatic heterocycles. The average molecular weight is 264 g/mol. The van der Waals surface area contributed by atoms with E-state index in [4.69, 9.17) is 5.73 Å². The minimum Gasteiger partial charge on any atom is -0.329 e. The van der Waals surface area contributed by atoms with Gasteiger partial charge in [0.05, 0.1) is 5.69 Å². The molecule has 2 rings (SSSR count). The van der Waals surface area contributed by atoms with Crippen LogP contribution in [0, 0.1) is 0 Å². The summed E-state index contributed by atoms with van der Waals surface area (Å²) < 4.78 is 1.91. The molecule has 0 radical (unpaired) electrons. The van der Waals surface area contributed by atoms with Crippen molar-refractivity contribution in [1.29, 1.82) is 0 Å². The van der Waals surface area contributed by atoms with Crippen molar-refractivity contribution in [2.75, 3.05) is 6.54 Å². The fraction of sp³-hybridized carbons (Fsp3) is 0.800. The van der Waals surface area contributed by atoms with Gasteiger partial charge < -0.3 is 11.1 Å². The molecule has 0 saturated heterocycles. The second kappa shape index (κ2) is 7.06. The molecule has 1 aliphatic rings. The van der Waals surface area contributed by atoms with Crippen LogP contribution in [0.3, 0.4) is 0 Å². The normalized spacial score (nSPS) is 19.3. The second-order valence-corrected chi connectivity index (χ2v) is 5.70. The molecule has 3 N–H and O–H groups in total. The van der Waals surface area contributed by atoms with E-state index in [0.29, 0.717) is 12.6 Å². The summed E-state index contributed by atoms with van der Waals surface area (Å²) in [5.74, 6) is 0. The van der Waals surface area contributed by atoms with Crippen LogP contribution in [0.5, 0.6) is 0 Å². The number of nitrogens with one attached hydrogen (secondary N) is 1. The number of hydrogen-bond donors (Lipinski definition) is 2. The van der Waals surface area contributed by atoms with E-state index in [0.717, 1.165) is 6.42 Å². The molecule has 1 aliphatic carbocycles. The summed E-state index contributed by atoms with van der Waals surface area (Å²) in [6.07, 6.45) is 11.2. The lowest BCUT2D eigenvalue weighted by Gasteiger charge is -2.24. The molecular formula is C15H28N4. The maximum absolute atomic E-state index is 5.99. The lowest BCUT2D eigenvalue weighted by molar-refractivity contribution is 0.401. The van der Waals surface area contributed by atoms with Gasteiger partial charge in [-0.1, -0.05) is 32.6 Å². The maximum atomic E-state index is 5.99. The van der Waals surface area contributed by atoms with Crippen LogP contribution in [0.2, 0.25) is 0 Å². The van der Waals surface area contributed by atoms with Gasteiger partial charge in [-0.3, -0.25) is 4.68 Å². The molecular weight excluding hydrogens is 236 g/mol. The molecule has 1 fully saturated rings. The first-order chi connectivity index (χ1) is 9.24. The van der Waals surface area contributed by atoms with E-state index < -0.39 is 0 Å². The Hall–Kier alpha value is -0.870. The highest BCUT2D eigenvalue weighted by Crippen LogP contribution is 2.22. The van der Waals surface area contributed by atoms with E-state index in [1.165, 1.54) is 49.8 Å². The van der Waals surface area contributed by atoms with E-state index in [1.54, 1.807) is 0 Å². The van der Waals surface area contributed by atoms with Crippen LogP contribution in [-0.4, -0.2) is 22.4 Å². The Kier molecular flexibility index (Phi) is 5.40. The van der Waals surface area contributed by atoms with Crippen LogP contribution >= 0.6 is 0 Å². The summed E-state index contributed by atoms with van der Waals surface area (Å²) in [4.78, 5) is 0. The zero-order chi connectivity index (χ0) is 13.7. The molecule has 0 bridgehead atoms. The Morgan fingerprint density at radius 1 is 1.37 bits per heavy atom. The number of nitrogens with zero attached hydrogens (tertiary/aromatic N) is 2. The molecule has 1 aromatic rings. The quantitative estimate of drug-likeness (QED) is 0.802. The third kappa shape index (κ3) is 3.80. The van der Waals surface area contributed by atoms with Gasteiger partial charge >= 0.3 is 0 Å². The van der Waals surface area contributed by atoms with Gasteiger partial charge in [-0.2, -0.15) is 5.10 Å². The predicted octanol–water partition coefficient (Wildman–Crippen LogP) is 2.29. The van der Waals surface area contributed by atoms with Crippen LogP contribution in [0.15, 0.2) is 6.20 Å². The third-order valence-corrected chi connectivity index (χ3v) is 4.18. The van der Waals surface area contributed by atoms with Crippen molar-refractivity contribution < 1.29 is 0 Å². The number of hydrogen-bond acceptors (Lipinski definition) is 3. The first kappa shape index (κ1) is 14.5. The molecule has 1 atom stereocenters. The Morgan fingerprint density at radius 3 is 2.63 bits per heavy atom. The third-order valence-electron chi connectivity index (χ3n) is 4.18. The Labute approximate surface area is 116 Å². The van der Waals surface area contributed by atoms with Gasteiger partial charge in [-0.25, -0.2) is 0 Å². The van der Waals surface area contributed by atoms with Crippen molar-refractivity contribution in [2.24, 2.45) is 12.8 Å². The topological polar surface area (TPSA) is 55.9 Å². The van der Waals surface area contributed by atoms with E-state index in [2.05, 4.69) is 23.5 Å². The molecule has 1 unspecified atom stereocenters. The SMILES string of the molecule is CCc1nn(C)cc1C(CN)NC1CCCCCC1. The highest BCUT2D eigenvalue weighted by Gasteiger charge is 2.20. The first-order valence-electron chi connectivity index (χ1n) is 7.73. The van der Waals surface area contributed by atoms with E-state index in [-0.39, 0.29) is 6.04 Å². The number of rotatable bonds is 5. The molecule has 0 aromatic carbocycles. The van der Waals surface area contributed by atoms with Crippen molar-refractivity contribution in [1.82, 2.24) is 15.1 Å². The van der Waals surface area contributed by atoms with Crippen molar-refractivity contribution in [3.63, 3.8) is 0 Å². The van der Waals surface area contributed by atoms with Crippen molar-refractivity contribution in [3.8, 4) is 0 Å². The molecule has 19 heavy (non-hydrogen) atoms. The Balaban J connectivity index is 2.05. The zero-order valence-corrected chi connectivity index (χ0v) is 12.4. The fourth-order valence-corrected chi connectivity index (χ4v) is 3.13. The summed E-state index contributed by atoms with van der Waals surface area (Å²) in [6, 6.07) is 0.882. The molecule has 1 saturated carbocycles. The summed E-state index contributed by atoms with van der Waals surface area (Å²) in [6.45, 7) is 2.81. The van der Waals surface area contributed by atoms with Gasteiger partial charge in [0.2, 0.25) is 0 Å². The van der Waals surface area contributed by atoms with Gasteiger partial charge in [-0.05, 0) is 19.3 Å². The average Bonchev–Trinajstić information content (AvgIpc) is 2.63. The molecule has 4 heteroatoms. The van der Waals surface area contributed by atoms with Gasteiger partial charge in [0.15, 0.2) is 0 Å². The van der Waals surface area contributed by atoms with Crippen molar-refractivity contribution in [2.45, 2.75) is 64.0 Å². The molecule has 0 spiro atoms. The van der Waals surface area contributed by atoms with Gasteiger partial charge in [0.25, 0.3) is 0 Å². The minimum absolute atomic E-state index is 0.256. The Morgan fingerprint density at radius 2 is 2.05 bits per heavy atom. The minimum atomic E-state index is 0.256. The highest BCUT2D eigenvalue weighted by molar-refractivity contribution is 5.22. The summed E-state index contributed by atoms with van der Waals surface area (Å²) in [7, 11) is 1.99. The van der Waals surface area contributed by atoms with E-state index in [9.17, 15) is 0 Å². The van der Waals surface area contributed by atoms with Gasteiger partial charge in [-0.15, -0.1) is 0 Å². The second-order valence-electron chi connectivity index (χ2n) is 5.70. The lowest BCUT2D eigenvalue weighted by Crippen LogP contribution is -2.36. The molecule has 108 valence electrons. The zero-order valence-electron chi connectivity index (χ0n) is 12.4. The predicted molar refractivity (Wildman–Crippen MR) is 79.0 cm³/mol. The smallest absolute Gasteiger partial charge is 0.0670 e. The number of nitrogens with two attached hydrogens (primary N) is 1. The fourth-order valence-electron chi connectivity index (χ4n) is 3.13. The highest BCUT2D eigenvalue weighted by atomic mass is 15.3. The lowest BCUT2D eigenvalue weighted by atomic mass is 10.0. The molecule has 0 amide bonds. The standard InChI is InChI=1S/C15H28N4/c1-3-14-13(11-19(2)18-14)15(10-16)17-12-8-6-4-5-7-9-12/h11-12,15,17H,3-10,16H2,1-2H3. The first-order valence-corrected chi connectivity index (χ1v) is 7.73. The van der Waals surface area contributed by atoms with Crippen LogP contribution < -0.4 is 11.1 Å².